The number of amides is 1. The van der Waals surface area contributed by atoms with Gasteiger partial charge in [-0.15, -0.1) is 0 Å². The molecule has 0 atom stereocenters. The molecule has 0 aliphatic rings. The molecule has 1 aromatic heterocycles. The summed E-state index contributed by atoms with van der Waals surface area (Å²) in [7, 11) is 1.57. The van der Waals surface area contributed by atoms with Crippen molar-refractivity contribution in [2.24, 2.45) is 0 Å². The van der Waals surface area contributed by atoms with Gasteiger partial charge in [0.1, 0.15) is 16.9 Å². The Hall–Kier alpha value is -3.71. The predicted molar refractivity (Wildman–Crippen MR) is 106 cm³/mol. The number of nitriles is 2. The third-order valence-electron chi connectivity index (χ3n) is 4.47. The molecule has 0 bridgehead atoms. The summed E-state index contributed by atoms with van der Waals surface area (Å²) in [5, 5.41) is 22.6. The molecule has 7 nitrogen and oxygen atoms in total. The lowest BCUT2D eigenvalue weighted by Crippen LogP contribution is -2.37. The zero-order chi connectivity index (χ0) is 19.9. The Bertz CT molecular complexity index is 1060. The summed E-state index contributed by atoms with van der Waals surface area (Å²) in [6.45, 7) is 0.635. The molecule has 0 aliphatic heterocycles. The molecule has 142 valence electrons. The van der Waals surface area contributed by atoms with Crippen LogP contribution in [0.2, 0.25) is 0 Å². The summed E-state index contributed by atoms with van der Waals surface area (Å²) >= 11 is 0. The molecular weight excluding hydrogens is 356 g/mol. The Morgan fingerprint density at radius 3 is 2.50 bits per heavy atom. The van der Waals surface area contributed by atoms with Crippen molar-refractivity contribution in [1.29, 1.82) is 10.5 Å². The van der Waals surface area contributed by atoms with Crippen LogP contribution < -0.4 is 10.1 Å². The van der Waals surface area contributed by atoms with E-state index in [9.17, 15) is 4.79 Å². The molecule has 0 aliphatic carbocycles. The van der Waals surface area contributed by atoms with E-state index in [1.165, 1.54) is 4.90 Å². The van der Waals surface area contributed by atoms with Gasteiger partial charge in [-0.1, -0.05) is 18.2 Å². The summed E-state index contributed by atoms with van der Waals surface area (Å²) in [5.41, 5.74) is 2.12. The quantitative estimate of drug-likeness (QED) is 0.643. The number of nitrogens with zero attached hydrogens (tertiary/aromatic N) is 3. The van der Waals surface area contributed by atoms with Gasteiger partial charge in [-0.2, -0.15) is 10.5 Å². The number of anilines is 1. The van der Waals surface area contributed by atoms with Gasteiger partial charge in [0.2, 0.25) is 5.91 Å². The van der Waals surface area contributed by atoms with Crippen LogP contribution in [0.5, 0.6) is 5.75 Å². The van der Waals surface area contributed by atoms with Crippen LogP contribution in [0.25, 0.3) is 21.9 Å². The van der Waals surface area contributed by atoms with Crippen molar-refractivity contribution < 1.29 is 13.9 Å². The average Bonchev–Trinajstić information content (AvgIpc) is 3.08. The van der Waals surface area contributed by atoms with Gasteiger partial charge >= 0.3 is 0 Å². The number of rotatable bonds is 8. The van der Waals surface area contributed by atoms with Crippen molar-refractivity contribution in [3.8, 4) is 17.9 Å². The topological polar surface area (TPSA) is 102 Å². The molecule has 1 heterocycles. The lowest BCUT2D eigenvalue weighted by atomic mass is 10.1. The number of hydrogen-bond donors (Lipinski definition) is 1. The molecule has 0 unspecified atom stereocenters. The third-order valence-corrected chi connectivity index (χ3v) is 4.47. The summed E-state index contributed by atoms with van der Waals surface area (Å²) in [4.78, 5) is 14.0. The van der Waals surface area contributed by atoms with E-state index in [1.54, 1.807) is 7.11 Å². The SMILES string of the molecule is COc1cc2c(cc1NCC(=O)N(CCC#N)CCC#N)oc1ccccc12. The molecule has 0 saturated heterocycles. The van der Waals surface area contributed by atoms with E-state index < -0.39 is 0 Å². The molecule has 7 heteroatoms. The Morgan fingerprint density at radius 2 is 1.82 bits per heavy atom. The molecule has 28 heavy (non-hydrogen) atoms. The fourth-order valence-corrected chi connectivity index (χ4v) is 3.07. The van der Waals surface area contributed by atoms with Crippen molar-refractivity contribution in [2.75, 3.05) is 32.1 Å². The van der Waals surface area contributed by atoms with Crippen LogP contribution in [0.15, 0.2) is 40.8 Å². The summed E-state index contributed by atoms with van der Waals surface area (Å²) in [6, 6.07) is 15.5. The van der Waals surface area contributed by atoms with Gasteiger partial charge in [-0.25, -0.2) is 0 Å². The third kappa shape index (κ3) is 3.99. The van der Waals surface area contributed by atoms with Crippen LogP contribution in [0.1, 0.15) is 12.8 Å². The van der Waals surface area contributed by atoms with E-state index in [2.05, 4.69) is 5.32 Å². The van der Waals surface area contributed by atoms with Gasteiger partial charge in [-0.05, 0) is 12.1 Å². The maximum absolute atomic E-state index is 12.5. The number of carbonyl (C=O) groups excluding carboxylic acids is 1. The van der Waals surface area contributed by atoms with Gasteiger partial charge in [0.25, 0.3) is 0 Å². The van der Waals surface area contributed by atoms with Crippen molar-refractivity contribution in [3.63, 3.8) is 0 Å². The molecule has 2 aromatic carbocycles. The van der Waals surface area contributed by atoms with Crippen LogP contribution in [0, 0.1) is 22.7 Å². The molecule has 0 radical (unpaired) electrons. The molecule has 1 amide bonds. The smallest absolute Gasteiger partial charge is 0.241 e. The van der Waals surface area contributed by atoms with Gasteiger partial charge in [0.05, 0.1) is 44.3 Å². The Labute approximate surface area is 162 Å². The van der Waals surface area contributed by atoms with Crippen molar-refractivity contribution >= 4 is 33.5 Å². The van der Waals surface area contributed by atoms with Gasteiger partial charge in [-0.3, -0.25) is 4.79 Å². The zero-order valence-corrected chi connectivity index (χ0v) is 15.6. The summed E-state index contributed by atoms with van der Waals surface area (Å²) in [5.74, 6) is 0.421. The first-order valence-electron chi connectivity index (χ1n) is 8.92. The van der Waals surface area contributed by atoms with E-state index in [4.69, 9.17) is 19.7 Å². The van der Waals surface area contributed by atoms with Gasteiger partial charge < -0.3 is 19.4 Å². The van der Waals surface area contributed by atoms with E-state index in [1.807, 2.05) is 48.5 Å². The highest BCUT2D eigenvalue weighted by molar-refractivity contribution is 6.06. The first-order valence-corrected chi connectivity index (χ1v) is 8.92. The maximum Gasteiger partial charge on any atom is 0.241 e. The molecule has 3 aromatic rings. The van der Waals surface area contributed by atoms with Crippen molar-refractivity contribution in [3.05, 3.63) is 36.4 Å². The number of furan rings is 1. The van der Waals surface area contributed by atoms with Crippen LogP contribution in [-0.4, -0.2) is 37.6 Å². The molecule has 3 rings (SSSR count). The minimum absolute atomic E-state index is 0.0267. The highest BCUT2D eigenvalue weighted by Crippen LogP contribution is 2.36. The standard InChI is InChI=1S/C21H20N4O3/c1-27-20-12-16-15-6-2-3-7-18(15)28-19(16)13-17(20)24-14-21(26)25(10-4-8-22)11-5-9-23/h2-3,6-7,12-13,24H,4-5,10-11,14H2,1H3. The second-order valence-electron chi connectivity index (χ2n) is 6.20. The number of para-hydroxylation sites is 1. The molecular formula is C21H20N4O3. The van der Waals surface area contributed by atoms with Gasteiger partial charge in [0, 0.05) is 29.9 Å². The fourth-order valence-electron chi connectivity index (χ4n) is 3.07. The molecule has 0 spiro atoms. The first-order chi connectivity index (χ1) is 13.7. The lowest BCUT2D eigenvalue weighted by Gasteiger charge is -2.21. The summed E-state index contributed by atoms with van der Waals surface area (Å²) < 4.78 is 11.4. The molecule has 0 saturated carbocycles. The highest BCUT2D eigenvalue weighted by Gasteiger charge is 2.16. The normalized spacial score (nSPS) is 10.4. The fraction of sp³-hybridized carbons (Fsp3) is 0.286. The average molecular weight is 376 g/mol. The number of benzene rings is 2. The number of nitrogens with one attached hydrogen (secondary N) is 1. The Morgan fingerprint density at radius 1 is 1.11 bits per heavy atom. The van der Waals surface area contributed by atoms with Crippen molar-refractivity contribution in [2.45, 2.75) is 12.8 Å². The second kappa shape index (κ2) is 8.79. The van der Waals surface area contributed by atoms with E-state index in [0.717, 1.165) is 16.4 Å². The minimum Gasteiger partial charge on any atom is -0.495 e. The number of fused-ring (bicyclic) bond motifs is 3. The largest absolute Gasteiger partial charge is 0.495 e. The monoisotopic (exact) mass is 376 g/mol. The van der Waals surface area contributed by atoms with Crippen LogP contribution in [0.4, 0.5) is 5.69 Å². The second-order valence-corrected chi connectivity index (χ2v) is 6.20. The minimum atomic E-state index is -0.183. The van der Waals surface area contributed by atoms with Crippen LogP contribution in [0.3, 0.4) is 0 Å². The van der Waals surface area contributed by atoms with E-state index in [0.29, 0.717) is 30.1 Å². The number of carbonyl (C=O) groups is 1. The summed E-state index contributed by atoms with van der Waals surface area (Å²) in [6.07, 6.45) is 0.455. The van der Waals surface area contributed by atoms with E-state index >= 15 is 0 Å². The highest BCUT2D eigenvalue weighted by atomic mass is 16.5. The zero-order valence-electron chi connectivity index (χ0n) is 15.6. The maximum atomic E-state index is 12.5. The Balaban J connectivity index is 1.81. The number of methoxy groups -OCH3 is 1. The van der Waals surface area contributed by atoms with E-state index in [-0.39, 0.29) is 25.3 Å². The first kappa shape index (κ1) is 19.1. The molecule has 1 N–H and O–H groups in total. The lowest BCUT2D eigenvalue weighted by molar-refractivity contribution is -0.129. The molecule has 0 fully saturated rings. The van der Waals surface area contributed by atoms with Crippen LogP contribution in [-0.2, 0) is 4.79 Å². The van der Waals surface area contributed by atoms with Crippen LogP contribution >= 0.6 is 0 Å². The number of ether oxygens (including phenoxy) is 1. The number of hydrogen-bond acceptors (Lipinski definition) is 6. The predicted octanol–water partition coefficient (Wildman–Crippen LogP) is 3.66. The Kier molecular flexibility index (Phi) is 5.98. The van der Waals surface area contributed by atoms with Gasteiger partial charge in [0.15, 0.2) is 0 Å². The van der Waals surface area contributed by atoms with Crippen molar-refractivity contribution in [1.82, 2.24) is 4.90 Å².